The molecule has 1 unspecified atom stereocenters. The van der Waals surface area contributed by atoms with Crippen molar-refractivity contribution in [3.8, 4) is 0 Å². The van der Waals surface area contributed by atoms with Gasteiger partial charge in [0.15, 0.2) is 0 Å². The summed E-state index contributed by atoms with van der Waals surface area (Å²) >= 11 is 5.71. The van der Waals surface area contributed by atoms with Gasteiger partial charge in [-0.2, -0.15) is 0 Å². The number of amides is 2. The van der Waals surface area contributed by atoms with Crippen LogP contribution < -0.4 is 10.2 Å². The van der Waals surface area contributed by atoms with Gasteiger partial charge >= 0.3 is 0 Å². The van der Waals surface area contributed by atoms with Crippen LogP contribution in [0.2, 0.25) is 5.02 Å². The normalized spacial score (nSPS) is 17.4. The first-order valence-electron chi connectivity index (χ1n) is 7.19. The summed E-state index contributed by atoms with van der Waals surface area (Å²) in [6.07, 6.45) is 0.756. The molecule has 23 heavy (non-hydrogen) atoms. The number of nitrogens with zero attached hydrogens (tertiary/aromatic N) is 1. The molecule has 6 heteroatoms. The molecular weight excluding hydrogens is 319 g/mol. The van der Waals surface area contributed by atoms with Crippen molar-refractivity contribution in [2.24, 2.45) is 0 Å². The summed E-state index contributed by atoms with van der Waals surface area (Å²) in [5.74, 6) is -0.956. The highest BCUT2D eigenvalue weighted by molar-refractivity contribution is 6.31. The lowest BCUT2D eigenvalue weighted by Gasteiger charge is -2.24. The molecule has 1 aliphatic rings. The van der Waals surface area contributed by atoms with Crippen LogP contribution in [0.15, 0.2) is 48.5 Å². The van der Waals surface area contributed by atoms with Crippen molar-refractivity contribution in [3.63, 3.8) is 0 Å². The number of para-hydroxylation sites is 1. The Hall–Kier alpha value is -2.40. The van der Waals surface area contributed by atoms with Gasteiger partial charge in [0, 0.05) is 17.8 Å². The van der Waals surface area contributed by atoms with Gasteiger partial charge in [-0.3, -0.25) is 14.5 Å². The van der Waals surface area contributed by atoms with Crippen molar-refractivity contribution in [2.45, 2.75) is 18.9 Å². The van der Waals surface area contributed by atoms with Crippen LogP contribution in [0.5, 0.6) is 0 Å². The lowest BCUT2D eigenvalue weighted by molar-refractivity contribution is -0.120. The van der Waals surface area contributed by atoms with Crippen LogP contribution >= 0.6 is 11.6 Å². The van der Waals surface area contributed by atoms with Crippen molar-refractivity contribution in [1.82, 2.24) is 0 Å². The maximum absolute atomic E-state index is 13.2. The molecule has 1 aliphatic heterocycles. The number of anilines is 2. The molecule has 0 radical (unpaired) electrons. The second kappa shape index (κ2) is 6.38. The topological polar surface area (TPSA) is 49.4 Å². The van der Waals surface area contributed by atoms with Crippen LogP contribution in [0, 0.1) is 5.82 Å². The molecule has 2 aromatic rings. The van der Waals surface area contributed by atoms with Gasteiger partial charge in [-0.05, 0) is 36.8 Å². The number of carbonyl (C=O) groups is 2. The largest absolute Gasteiger partial charge is 0.324 e. The van der Waals surface area contributed by atoms with Crippen molar-refractivity contribution in [1.29, 1.82) is 0 Å². The van der Waals surface area contributed by atoms with Gasteiger partial charge in [0.2, 0.25) is 11.8 Å². The van der Waals surface area contributed by atoms with Gasteiger partial charge < -0.3 is 5.32 Å². The zero-order valence-electron chi connectivity index (χ0n) is 12.1. The fourth-order valence-electron chi connectivity index (χ4n) is 2.64. The van der Waals surface area contributed by atoms with Gasteiger partial charge in [-0.1, -0.05) is 29.8 Å². The molecule has 0 aromatic heterocycles. The Labute approximate surface area is 137 Å². The molecule has 1 heterocycles. The van der Waals surface area contributed by atoms with Crippen LogP contribution in [-0.4, -0.2) is 17.9 Å². The van der Waals surface area contributed by atoms with E-state index in [-0.39, 0.29) is 16.8 Å². The van der Waals surface area contributed by atoms with E-state index in [4.69, 9.17) is 11.6 Å². The zero-order valence-corrected chi connectivity index (χ0v) is 12.9. The highest BCUT2D eigenvalue weighted by Gasteiger charge is 2.37. The van der Waals surface area contributed by atoms with E-state index < -0.39 is 11.9 Å². The van der Waals surface area contributed by atoms with E-state index in [1.165, 1.54) is 23.1 Å². The molecule has 2 amide bonds. The Kier molecular flexibility index (Phi) is 4.30. The number of hydrogen-bond acceptors (Lipinski definition) is 2. The highest BCUT2D eigenvalue weighted by atomic mass is 35.5. The molecule has 3 rings (SSSR count). The molecule has 1 N–H and O–H groups in total. The minimum atomic E-state index is -0.589. The lowest BCUT2D eigenvalue weighted by atomic mass is 10.2. The summed E-state index contributed by atoms with van der Waals surface area (Å²) in [5.41, 5.74) is 1.08. The number of halogens is 2. The second-order valence-corrected chi connectivity index (χ2v) is 5.68. The first kappa shape index (κ1) is 15.5. The summed E-state index contributed by atoms with van der Waals surface area (Å²) in [6.45, 7) is 0. The number of benzene rings is 2. The van der Waals surface area contributed by atoms with Crippen LogP contribution in [0.4, 0.5) is 15.8 Å². The smallest absolute Gasteiger partial charge is 0.247 e. The quantitative estimate of drug-likeness (QED) is 0.933. The van der Waals surface area contributed by atoms with Crippen molar-refractivity contribution in [2.75, 3.05) is 10.2 Å². The van der Waals surface area contributed by atoms with E-state index in [0.29, 0.717) is 24.2 Å². The minimum Gasteiger partial charge on any atom is -0.324 e. The van der Waals surface area contributed by atoms with Gasteiger partial charge in [-0.15, -0.1) is 0 Å². The lowest BCUT2D eigenvalue weighted by Crippen LogP contribution is -2.41. The van der Waals surface area contributed by atoms with Gasteiger partial charge in [0.1, 0.15) is 11.9 Å². The van der Waals surface area contributed by atoms with Crippen molar-refractivity contribution >= 4 is 34.8 Å². The van der Waals surface area contributed by atoms with Crippen molar-refractivity contribution in [3.05, 3.63) is 59.4 Å². The molecule has 2 aromatic carbocycles. The Morgan fingerprint density at radius 1 is 1.22 bits per heavy atom. The van der Waals surface area contributed by atoms with E-state index >= 15 is 0 Å². The average Bonchev–Trinajstić information content (AvgIpc) is 2.93. The van der Waals surface area contributed by atoms with Crippen LogP contribution in [-0.2, 0) is 9.59 Å². The first-order valence-corrected chi connectivity index (χ1v) is 7.57. The number of hydrogen-bond donors (Lipinski definition) is 1. The zero-order chi connectivity index (χ0) is 16.4. The molecule has 4 nitrogen and oxygen atoms in total. The SMILES string of the molecule is O=C(Nc1ccc(F)c(Cl)c1)C1CCC(=O)N1c1ccccc1. The Morgan fingerprint density at radius 2 is 1.96 bits per heavy atom. The molecule has 0 bridgehead atoms. The molecule has 0 saturated carbocycles. The van der Waals surface area contributed by atoms with Gasteiger partial charge in [0.25, 0.3) is 0 Å². The maximum atomic E-state index is 13.2. The monoisotopic (exact) mass is 332 g/mol. The average molecular weight is 333 g/mol. The Bertz CT molecular complexity index is 752. The molecule has 1 saturated heterocycles. The summed E-state index contributed by atoms with van der Waals surface area (Å²) < 4.78 is 13.2. The second-order valence-electron chi connectivity index (χ2n) is 5.27. The maximum Gasteiger partial charge on any atom is 0.247 e. The van der Waals surface area contributed by atoms with E-state index in [0.717, 1.165) is 0 Å². The molecule has 0 spiro atoms. The van der Waals surface area contributed by atoms with Gasteiger partial charge in [-0.25, -0.2) is 4.39 Å². The van der Waals surface area contributed by atoms with Crippen LogP contribution in [0.3, 0.4) is 0 Å². The predicted molar refractivity (Wildman–Crippen MR) is 87.0 cm³/mol. The van der Waals surface area contributed by atoms with Crippen LogP contribution in [0.25, 0.3) is 0 Å². The van der Waals surface area contributed by atoms with Crippen LogP contribution in [0.1, 0.15) is 12.8 Å². The third-order valence-electron chi connectivity index (χ3n) is 3.74. The van der Waals surface area contributed by atoms with Crippen molar-refractivity contribution < 1.29 is 14.0 Å². The van der Waals surface area contributed by atoms with E-state index in [1.54, 1.807) is 12.1 Å². The number of nitrogens with one attached hydrogen (secondary N) is 1. The van der Waals surface area contributed by atoms with Gasteiger partial charge in [0.05, 0.1) is 5.02 Å². The van der Waals surface area contributed by atoms with E-state index in [1.807, 2.05) is 18.2 Å². The summed E-state index contributed by atoms with van der Waals surface area (Å²) in [5, 5.41) is 2.62. The van der Waals surface area contributed by atoms with E-state index in [9.17, 15) is 14.0 Å². The molecule has 1 atom stereocenters. The summed E-state index contributed by atoms with van der Waals surface area (Å²) in [7, 11) is 0. The first-order chi connectivity index (χ1) is 11.1. The standard InChI is InChI=1S/C17H14ClFN2O2/c18-13-10-11(6-7-14(13)19)20-17(23)15-8-9-16(22)21(15)12-4-2-1-3-5-12/h1-7,10,15H,8-9H2,(H,20,23). The summed E-state index contributed by atoms with van der Waals surface area (Å²) in [6, 6.07) is 12.4. The molecule has 118 valence electrons. The van der Waals surface area contributed by atoms with E-state index in [2.05, 4.69) is 5.32 Å². The third-order valence-corrected chi connectivity index (χ3v) is 4.03. The third kappa shape index (κ3) is 3.19. The molecule has 0 aliphatic carbocycles. The highest BCUT2D eigenvalue weighted by Crippen LogP contribution is 2.28. The Morgan fingerprint density at radius 3 is 2.65 bits per heavy atom. The number of carbonyl (C=O) groups excluding carboxylic acids is 2. The molecular formula is C17H14ClFN2O2. The minimum absolute atomic E-state index is 0.0646. The Balaban J connectivity index is 1.80. The fourth-order valence-corrected chi connectivity index (χ4v) is 2.82. The number of rotatable bonds is 3. The summed E-state index contributed by atoms with van der Waals surface area (Å²) in [4.78, 5) is 26.1. The molecule has 1 fully saturated rings. The predicted octanol–water partition coefficient (Wildman–Crippen LogP) is 3.61. The fraction of sp³-hybridized carbons (Fsp3) is 0.176.